The highest BCUT2D eigenvalue weighted by atomic mass is 16.5. The Morgan fingerprint density at radius 1 is 1.23 bits per heavy atom. The molecular weight excluding hydrogens is 328 g/mol. The summed E-state index contributed by atoms with van der Waals surface area (Å²) in [6.07, 6.45) is 2.79. The Labute approximate surface area is 151 Å². The molecule has 0 spiro atoms. The molecule has 132 valence electrons. The molecule has 0 unspecified atom stereocenters. The molecule has 1 aromatic carbocycles. The molecule has 0 radical (unpaired) electrons. The lowest BCUT2D eigenvalue weighted by molar-refractivity contribution is 0.0942. The van der Waals surface area contributed by atoms with E-state index in [1.54, 1.807) is 19.2 Å². The molecule has 6 nitrogen and oxygen atoms in total. The molecule has 3 heterocycles. The molecule has 26 heavy (non-hydrogen) atoms. The number of fused-ring (bicyclic) bond motifs is 1. The lowest BCUT2D eigenvalue weighted by atomic mass is 9.99. The van der Waals surface area contributed by atoms with Crippen LogP contribution in [0.25, 0.3) is 0 Å². The average Bonchev–Trinajstić information content (AvgIpc) is 3.12. The van der Waals surface area contributed by atoms with Gasteiger partial charge in [0.05, 0.1) is 0 Å². The van der Waals surface area contributed by atoms with Gasteiger partial charge in [-0.25, -0.2) is 4.98 Å². The van der Waals surface area contributed by atoms with Crippen LogP contribution >= 0.6 is 0 Å². The maximum absolute atomic E-state index is 12.2. The van der Waals surface area contributed by atoms with Gasteiger partial charge in [-0.2, -0.15) is 0 Å². The fourth-order valence-corrected chi connectivity index (χ4v) is 3.27. The molecule has 6 heteroatoms. The Morgan fingerprint density at radius 3 is 2.88 bits per heavy atom. The zero-order valence-electron chi connectivity index (χ0n) is 14.6. The van der Waals surface area contributed by atoms with E-state index in [9.17, 15) is 4.79 Å². The molecule has 0 aliphatic carbocycles. The smallest absolute Gasteiger partial charge is 0.273 e. The van der Waals surface area contributed by atoms with Gasteiger partial charge >= 0.3 is 0 Å². The second-order valence-corrected chi connectivity index (χ2v) is 6.43. The van der Waals surface area contributed by atoms with Crippen LogP contribution in [0.5, 0.6) is 0 Å². The first-order valence-electron chi connectivity index (χ1n) is 8.68. The third-order valence-electron chi connectivity index (χ3n) is 4.60. The van der Waals surface area contributed by atoms with E-state index >= 15 is 0 Å². The Kier molecular flexibility index (Phi) is 4.39. The molecule has 2 aromatic heterocycles. The largest absolute Gasteiger partial charge is 0.361 e. The fraction of sp³-hybridized carbons (Fsp3) is 0.250. The lowest BCUT2D eigenvalue weighted by Gasteiger charge is -2.31. The van der Waals surface area contributed by atoms with Gasteiger partial charge in [0.1, 0.15) is 11.6 Å². The SMILES string of the molecule is Cc1cc(C(=O)NCc2cccnc2N2CCc3ccccc3C2)no1. The van der Waals surface area contributed by atoms with E-state index in [1.807, 2.05) is 12.1 Å². The molecule has 0 atom stereocenters. The number of carbonyl (C=O) groups excluding carboxylic acids is 1. The third kappa shape index (κ3) is 3.31. The number of rotatable bonds is 4. The Bertz CT molecular complexity index is 935. The van der Waals surface area contributed by atoms with Crippen molar-refractivity contribution in [2.75, 3.05) is 11.4 Å². The highest BCUT2D eigenvalue weighted by Gasteiger charge is 2.20. The summed E-state index contributed by atoms with van der Waals surface area (Å²) in [6, 6.07) is 14.0. The zero-order valence-corrected chi connectivity index (χ0v) is 14.6. The summed E-state index contributed by atoms with van der Waals surface area (Å²) in [4.78, 5) is 19.1. The van der Waals surface area contributed by atoms with Crippen LogP contribution < -0.4 is 10.2 Å². The molecule has 0 bridgehead atoms. The number of aromatic nitrogens is 2. The molecule has 1 aliphatic heterocycles. The standard InChI is InChI=1S/C20H20N4O2/c1-14-11-18(23-26-14)20(25)22-12-16-7-4-9-21-19(16)24-10-8-15-5-2-3-6-17(15)13-24/h2-7,9,11H,8,10,12-13H2,1H3,(H,22,25). The van der Waals surface area contributed by atoms with Crippen molar-refractivity contribution in [3.8, 4) is 0 Å². The summed E-state index contributed by atoms with van der Waals surface area (Å²) in [5.41, 5.74) is 4.01. The molecule has 1 amide bonds. The van der Waals surface area contributed by atoms with Crippen molar-refractivity contribution in [3.05, 3.63) is 76.8 Å². The number of anilines is 1. The van der Waals surface area contributed by atoms with E-state index in [-0.39, 0.29) is 5.91 Å². The summed E-state index contributed by atoms with van der Waals surface area (Å²) >= 11 is 0. The first kappa shape index (κ1) is 16.3. The predicted molar refractivity (Wildman–Crippen MR) is 97.8 cm³/mol. The number of nitrogens with one attached hydrogen (secondary N) is 1. The number of benzene rings is 1. The molecular formula is C20H20N4O2. The number of pyridine rings is 1. The summed E-state index contributed by atoms with van der Waals surface area (Å²) in [5.74, 6) is 1.28. The van der Waals surface area contributed by atoms with Crippen molar-refractivity contribution in [3.63, 3.8) is 0 Å². The number of aryl methyl sites for hydroxylation is 1. The van der Waals surface area contributed by atoms with Crippen LogP contribution in [0.3, 0.4) is 0 Å². The maximum atomic E-state index is 12.2. The number of carbonyl (C=O) groups is 1. The van der Waals surface area contributed by atoms with Crippen molar-refractivity contribution in [2.24, 2.45) is 0 Å². The summed E-state index contributed by atoms with van der Waals surface area (Å²) in [5, 5.41) is 6.65. The van der Waals surface area contributed by atoms with Crippen LogP contribution in [0, 0.1) is 6.92 Å². The van der Waals surface area contributed by atoms with Crippen LogP contribution in [0.1, 0.15) is 32.9 Å². The van der Waals surface area contributed by atoms with E-state index in [4.69, 9.17) is 4.52 Å². The molecule has 0 saturated heterocycles. The topological polar surface area (TPSA) is 71.3 Å². The molecule has 3 aromatic rings. The summed E-state index contributed by atoms with van der Waals surface area (Å²) < 4.78 is 4.96. The van der Waals surface area contributed by atoms with Crippen molar-refractivity contribution < 1.29 is 9.32 Å². The van der Waals surface area contributed by atoms with Crippen LogP contribution in [-0.2, 0) is 19.5 Å². The minimum absolute atomic E-state index is 0.249. The van der Waals surface area contributed by atoms with E-state index in [0.29, 0.717) is 18.0 Å². The Hall–Kier alpha value is -3.15. The monoisotopic (exact) mass is 348 g/mol. The Balaban J connectivity index is 1.50. The highest BCUT2D eigenvalue weighted by Crippen LogP contribution is 2.25. The predicted octanol–water partition coefficient (Wildman–Crippen LogP) is 2.87. The van der Waals surface area contributed by atoms with Gasteiger partial charge in [0.2, 0.25) is 0 Å². The van der Waals surface area contributed by atoms with Gasteiger partial charge in [0.15, 0.2) is 5.69 Å². The molecule has 4 rings (SSSR count). The number of hydrogen-bond acceptors (Lipinski definition) is 5. The van der Waals surface area contributed by atoms with E-state index in [0.717, 1.165) is 30.9 Å². The van der Waals surface area contributed by atoms with Crippen LogP contribution in [0.15, 0.2) is 53.2 Å². The van der Waals surface area contributed by atoms with Gasteiger partial charge in [0.25, 0.3) is 5.91 Å². The summed E-state index contributed by atoms with van der Waals surface area (Å²) in [7, 11) is 0. The Morgan fingerprint density at radius 2 is 2.08 bits per heavy atom. The van der Waals surface area contributed by atoms with Gasteiger partial charge in [-0.1, -0.05) is 35.5 Å². The van der Waals surface area contributed by atoms with Crippen LogP contribution in [-0.4, -0.2) is 22.6 Å². The molecule has 0 fully saturated rings. The second kappa shape index (κ2) is 7.00. The third-order valence-corrected chi connectivity index (χ3v) is 4.60. The van der Waals surface area contributed by atoms with Crippen LogP contribution in [0.4, 0.5) is 5.82 Å². The lowest BCUT2D eigenvalue weighted by Crippen LogP contribution is -2.32. The number of amides is 1. The number of hydrogen-bond donors (Lipinski definition) is 1. The quantitative estimate of drug-likeness (QED) is 0.785. The summed E-state index contributed by atoms with van der Waals surface area (Å²) in [6.45, 7) is 3.90. The van der Waals surface area contributed by atoms with Gasteiger partial charge in [0, 0.05) is 37.5 Å². The molecule has 1 N–H and O–H groups in total. The minimum Gasteiger partial charge on any atom is -0.361 e. The first-order valence-corrected chi connectivity index (χ1v) is 8.68. The first-order chi connectivity index (χ1) is 12.7. The normalized spacial score (nSPS) is 13.3. The average molecular weight is 348 g/mol. The van der Waals surface area contributed by atoms with E-state index in [1.165, 1.54) is 11.1 Å². The second-order valence-electron chi connectivity index (χ2n) is 6.43. The highest BCUT2D eigenvalue weighted by molar-refractivity contribution is 5.92. The van der Waals surface area contributed by atoms with E-state index in [2.05, 4.69) is 44.6 Å². The zero-order chi connectivity index (χ0) is 17.9. The van der Waals surface area contributed by atoms with Crippen molar-refractivity contribution in [2.45, 2.75) is 26.4 Å². The van der Waals surface area contributed by atoms with Gasteiger partial charge < -0.3 is 14.7 Å². The number of nitrogens with zero attached hydrogens (tertiary/aromatic N) is 3. The van der Waals surface area contributed by atoms with Crippen LogP contribution in [0.2, 0.25) is 0 Å². The van der Waals surface area contributed by atoms with Gasteiger partial charge in [-0.15, -0.1) is 0 Å². The fourth-order valence-electron chi connectivity index (χ4n) is 3.27. The van der Waals surface area contributed by atoms with Crippen molar-refractivity contribution in [1.29, 1.82) is 0 Å². The minimum atomic E-state index is -0.249. The van der Waals surface area contributed by atoms with Gasteiger partial charge in [-0.05, 0) is 30.5 Å². The van der Waals surface area contributed by atoms with Gasteiger partial charge in [-0.3, -0.25) is 4.79 Å². The van der Waals surface area contributed by atoms with Crippen molar-refractivity contribution in [1.82, 2.24) is 15.5 Å². The van der Waals surface area contributed by atoms with Crippen molar-refractivity contribution >= 4 is 11.7 Å². The molecule has 0 saturated carbocycles. The van der Waals surface area contributed by atoms with E-state index < -0.39 is 0 Å². The molecule has 1 aliphatic rings. The maximum Gasteiger partial charge on any atom is 0.273 e.